The van der Waals surface area contributed by atoms with Crippen molar-refractivity contribution in [3.8, 4) is 17.1 Å². The first kappa shape index (κ1) is 20.4. The normalized spacial score (nSPS) is 10.9. The van der Waals surface area contributed by atoms with Crippen LogP contribution in [-0.2, 0) is 0 Å². The molecule has 0 fully saturated rings. The van der Waals surface area contributed by atoms with Crippen LogP contribution in [0.15, 0.2) is 95.5 Å². The maximum atomic E-state index is 13.0. The molecule has 5 aromatic rings. The lowest BCUT2D eigenvalue weighted by molar-refractivity contribution is 0.101. The van der Waals surface area contributed by atoms with E-state index in [9.17, 15) is 4.79 Å². The molecule has 1 N–H and O–H groups in total. The number of halogens is 2. The molecule has 0 radical (unpaired) electrons. The van der Waals surface area contributed by atoms with Gasteiger partial charge in [-0.15, -0.1) is 5.10 Å². The predicted molar refractivity (Wildman–Crippen MR) is 131 cm³/mol. The number of aromatic nitrogens is 3. The summed E-state index contributed by atoms with van der Waals surface area (Å²) in [5.41, 5.74) is 2.27. The van der Waals surface area contributed by atoms with E-state index in [2.05, 4.69) is 31.3 Å². The first-order valence-electron chi connectivity index (χ1n) is 9.86. The molecule has 4 aromatic carbocycles. The Morgan fingerprint density at radius 2 is 1.59 bits per heavy atom. The molecule has 0 spiro atoms. The zero-order chi connectivity index (χ0) is 22.1. The molecule has 5 rings (SSSR count). The third kappa shape index (κ3) is 4.15. The maximum Gasteiger partial charge on any atom is 0.295 e. The van der Waals surface area contributed by atoms with Crippen LogP contribution in [0.3, 0.4) is 0 Å². The van der Waals surface area contributed by atoms with E-state index in [1.54, 1.807) is 16.8 Å². The van der Waals surface area contributed by atoms with Crippen LogP contribution in [0.4, 0.5) is 5.69 Å². The largest absolute Gasteiger partial charge is 0.319 e. The van der Waals surface area contributed by atoms with E-state index in [0.29, 0.717) is 16.5 Å². The smallest absolute Gasteiger partial charge is 0.295 e. The zero-order valence-electron chi connectivity index (χ0n) is 16.7. The number of carbonyl (C=O) groups excluding carboxylic acids is 1. The second-order valence-corrected chi connectivity index (χ2v) is 8.52. The summed E-state index contributed by atoms with van der Waals surface area (Å²) in [5, 5.41) is 10.2. The summed E-state index contributed by atoms with van der Waals surface area (Å²) in [6.07, 6.45) is 0. The standard InChI is InChI=1S/C25H16BrClN4O/c26-19-8-5-17(6-9-19)24-29-23(30-31(24)22-13-10-20(27)11-14-22)25(32)28-21-12-7-16-3-1-2-4-18(16)15-21/h1-15H,(H,28,32). The highest BCUT2D eigenvalue weighted by Gasteiger charge is 2.19. The Bertz CT molecular complexity index is 1370. The maximum absolute atomic E-state index is 13.0. The fraction of sp³-hybridized carbons (Fsp3) is 0. The van der Waals surface area contributed by atoms with Crippen LogP contribution >= 0.6 is 27.5 Å². The first-order valence-corrected chi connectivity index (χ1v) is 11.0. The van der Waals surface area contributed by atoms with Crippen molar-refractivity contribution in [2.75, 3.05) is 5.32 Å². The minimum atomic E-state index is -0.383. The van der Waals surface area contributed by atoms with Crippen molar-refractivity contribution in [3.63, 3.8) is 0 Å². The number of anilines is 1. The van der Waals surface area contributed by atoms with Gasteiger partial charge in [0.05, 0.1) is 5.69 Å². The zero-order valence-corrected chi connectivity index (χ0v) is 19.0. The topological polar surface area (TPSA) is 59.8 Å². The van der Waals surface area contributed by atoms with Crippen LogP contribution in [0.2, 0.25) is 5.02 Å². The number of hydrogen-bond donors (Lipinski definition) is 1. The highest BCUT2D eigenvalue weighted by molar-refractivity contribution is 9.10. The van der Waals surface area contributed by atoms with Gasteiger partial charge in [-0.2, -0.15) is 0 Å². The molecule has 7 heteroatoms. The Labute approximate surface area is 197 Å². The van der Waals surface area contributed by atoms with Crippen LogP contribution in [-0.4, -0.2) is 20.7 Å². The highest BCUT2D eigenvalue weighted by Crippen LogP contribution is 2.25. The molecule has 5 nitrogen and oxygen atoms in total. The van der Waals surface area contributed by atoms with Crippen molar-refractivity contribution in [1.82, 2.24) is 14.8 Å². The molecule has 0 saturated carbocycles. The molecule has 0 aliphatic carbocycles. The number of nitrogens with one attached hydrogen (secondary N) is 1. The van der Waals surface area contributed by atoms with Gasteiger partial charge in [0, 0.05) is 20.7 Å². The second-order valence-electron chi connectivity index (χ2n) is 7.17. The van der Waals surface area contributed by atoms with Crippen molar-refractivity contribution in [2.45, 2.75) is 0 Å². The lowest BCUT2D eigenvalue weighted by Crippen LogP contribution is -2.14. The summed E-state index contributed by atoms with van der Waals surface area (Å²) in [6.45, 7) is 0. The number of benzene rings is 4. The van der Waals surface area contributed by atoms with Gasteiger partial charge in [0.15, 0.2) is 5.82 Å². The third-order valence-electron chi connectivity index (χ3n) is 4.99. The summed E-state index contributed by atoms with van der Waals surface area (Å²) in [7, 11) is 0. The minimum Gasteiger partial charge on any atom is -0.319 e. The molecule has 0 bridgehead atoms. The van der Waals surface area contributed by atoms with Crippen LogP contribution in [0.5, 0.6) is 0 Å². The highest BCUT2D eigenvalue weighted by atomic mass is 79.9. The molecule has 156 valence electrons. The Hall–Kier alpha value is -3.48. The van der Waals surface area contributed by atoms with E-state index >= 15 is 0 Å². The van der Waals surface area contributed by atoms with Gasteiger partial charge in [-0.25, -0.2) is 9.67 Å². The third-order valence-corrected chi connectivity index (χ3v) is 5.77. The van der Waals surface area contributed by atoms with Crippen molar-refractivity contribution >= 4 is 49.9 Å². The van der Waals surface area contributed by atoms with Gasteiger partial charge >= 0.3 is 0 Å². The van der Waals surface area contributed by atoms with Crippen molar-refractivity contribution < 1.29 is 4.79 Å². The summed E-state index contributed by atoms with van der Waals surface area (Å²) in [4.78, 5) is 17.6. The molecule has 0 unspecified atom stereocenters. The SMILES string of the molecule is O=C(Nc1ccc2ccccc2c1)c1nc(-c2ccc(Br)cc2)n(-c2ccc(Cl)cc2)n1. The van der Waals surface area contributed by atoms with Crippen LogP contribution in [0, 0.1) is 0 Å². The number of hydrogen-bond acceptors (Lipinski definition) is 3. The fourth-order valence-electron chi connectivity index (χ4n) is 3.41. The average Bonchev–Trinajstić information content (AvgIpc) is 3.26. The predicted octanol–water partition coefficient (Wildman–Crippen LogP) is 6.76. The molecule has 0 atom stereocenters. The molecule has 1 heterocycles. The molecule has 1 amide bonds. The number of rotatable bonds is 4. The summed E-state index contributed by atoms with van der Waals surface area (Å²) in [6, 6.07) is 28.7. The van der Waals surface area contributed by atoms with Crippen LogP contribution in [0.25, 0.3) is 27.8 Å². The lowest BCUT2D eigenvalue weighted by atomic mass is 10.1. The molecule has 32 heavy (non-hydrogen) atoms. The van der Waals surface area contributed by atoms with Gasteiger partial charge in [0.25, 0.3) is 5.91 Å². The van der Waals surface area contributed by atoms with E-state index in [0.717, 1.165) is 26.5 Å². The van der Waals surface area contributed by atoms with Gasteiger partial charge in [0.2, 0.25) is 5.82 Å². The second kappa shape index (κ2) is 8.57. The lowest BCUT2D eigenvalue weighted by Gasteiger charge is -2.06. The monoisotopic (exact) mass is 502 g/mol. The molecule has 0 aliphatic rings. The Kier molecular flexibility index (Phi) is 5.47. The average molecular weight is 504 g/mol. The van der Waals surface area contributed by atoms with E-state index in [1.165, 1.54) is 0 Å². The Balaban J connectivity index is 1.52. The fourth-order valence-corrected chi connectivity index (χ4v) is 3.80. The molecule has 0 saturated heterocycles. The molecule has 0 aliphatic heterocycles. The van der Waals surface area contributed by atoms with E-state index in [4.69, 9.17) is 11.6 Å². The minimum absolute atomic E-state index is 0.0750. The van der Waals surface area contributed by atoms with Gasteiger partial charge in [-0.05, 0) is 59.3 Å². The van der Waals surface area contributed by atoms with E-state index < -0.39 is 0 Å². The number of carbonyl (C=O) groups is 1. The molecular formula is C25H16BrClN4O. The molecular weight excluding hydrogens is 488 g/mol. The van der Waals surface area contributed by atoms with Crippen molar-refractivity contribution in [1.29, 1.82) is 0 Å². The summed E-state index contributed by atoms with van der Waals surface area (Å²) in [5.74, 6) is 0.251. The van der Waals surface area contributed by atoms with Gasteiger partial charge < -0.3 is 5.32 Å². The quantitative estimate of drug-likeness (QED) is 0.295. The van der Waals surface area contributed by atoms with Crippen molar-refractivity contribution in [3.05, 3.63) is 106 Å². The summed E-state index contributed by atoms with van der Waals surface area (Å²) < 4.78 is 2.60. The Morgan fingerprint density at radius 3 is 2.34 bits per heavy atom. The van der Waals surface area contributed by atoms with E-state index in [-0.39, 0.29) is 11.7 Å². The van der Waals surface area contributed by atoms with Gasteiger partial charge in [-0.1, -0.05) is 70.0 Å². The number of amides is 1. The first-order chi connectivity index (χ1) is 15.6. The number of nitrogens with zero attached hydrogens (tertiary/aromatic N) is 3. The van der Waals surface area contributed by atoms with Crippen LogP contribution < -0.4 is 5.32 Å². The van der Waals surface area contributed by atoms with Crippen LogP contribution in [0.1, 0.15) is 10.6 Å². The van der Waals surface area contributed by atoms with Crippen molar-refractivity contribution in [2.24, 2.45) is 0 Å². The Morgan fingerprint density at radius 1 is 0.875 bits per heavy atom. The van der Waals surface area contributed by atoms with E-state index in [1.807, 2.05) is 78.9 Å². The molecule has 1 aromatic heterocycles. The number of fused-ring (bicyclic) bond motifs is 1. The summed E-state index contributed by atoms with van der Waals surface area (Å²) >= 11 is 9.50. The van der Waals surface area contributed by atoms with Gasteiger partial charge in [0.1, 0.15) is 0 Å². The van der Waals surface area contributed by atoms with Gasteiger partial charge in [-0.3, -0.25) is 4.79 Å².